The van der Waals surface area contributed by atoms with E-state index in [0.29, 0.717) is 0 Å². The van der Waals surface area contributed by atoms with Crippen molar-refractivity contribution in [1.29, 1.82) is 0 Å². The summed E-state index contributed by atoms with van der Waals surface area (Å²) < 4.78 is 0. The van der Waals surface area contributed by atoms with E-state index in [4.69, 9.17) is 0 Å². The molecule has 0 unspecified atom stereocenters. The largest absolute Gasteiger partial charge is 0.392 e. The van der Waals surface area contributed by atoms with Gasteiger partial charge in [-0.15, -0.1) is 0 Å². The van der Waals surface area contributed by atoms with Crippen molar-refractivity contribution < 1.29 is 5.11 Å². The first-order chi connectivity index (χ1) is 6.72. The second-order valence-electron chi connectivity index (χ2n) is 4.49. The van der Waals surface area contributed by atoms with Crippen molar-refractivity contribution in [2.24, 2.45) is 5.92 Å². The second kappa shape index (κ2) is 6.38. The SMILES string of the molecule is CNCCC1CCN(C[C@@H](C)O)CC1. The van der Waals surface area contributed by atoms with Crippen molar-refractivity contribution in [2.75, 3.05) is 33.2 Å². The Balaban J connectivity index is 2.11. The summed E-state index contributed by atoms with van der Waals surface area (Å²) in [6, 6.07) is 0. The third-order valence-corrected chi connectivity index (χ3v) is 3.03. The van der Waals surface area contributed by atoms with E-state index in [2.05, 4.69) is 10.2 Å². The first-order valence-electron chi connectivity index (χ1n) is 5.77. The van der Waals surface area contributed by atoms with E-state index in [-0.39, 0.29) is 6.10 Å². The van der Waals surface area contributed by atoms with Gasteiger partial charge in [0.2, 0.25) is 0 Å². The predicted octanol–water partition coefficient (Wildman–Crippen LogP) is 0.689. The molecule has 1 fully saturated rings. The monoisotopic (exact) mass is 200 g/mol. The topological polar surface area (TPSA) is 35.5 Å². The molecule has 14 heavy (non-hydrogen) atoms. The van der Waals surface area contributed by atoms with Gasteiger partial charge in [-0.3, -0.25) is 0 Å². The van der Waals surface area contributed by atoms with E-state index >= 15 is 0 Å². The molecule has 1 saturated heterocycles. The van der Waals surface area contributed by atoms with Crippen molar-refractivity contribution in [2.45, 2.75) is 32.3 Å². The van der Waals surface area contributed by atoms with Crippen molar-refractivity contribution in [3.8, 4) is 0 Å². The van der Waals surface area contributed by atoms with Crippen LogP contribution in [0, 0.1) is 5.92 Å². The summed E-state index contributed by atoms with van der Waals surface area (Å²) in [5, 5.41) is 12.5. The van der Waals surface area contributed by atoms with Gasteiger partial charge < -0.3 is 15.3 Å². The van der Waals surface area contributed by atoms with Gasteiger partial charge in [0.25, 0.3) is 0 Å². The highest BCUT2D eigenvalue weighted by atomic mass is 16.3. The summed E-state index contributed by atoms with van der Waals surface area (Å²) >= 11 is 0. The van der Waals surface area contributed by atoms with Crippen LogP contribution in [0.1, 0.15) is 26.2 Å². The molecule has 0 amide bonds. The van der Waals surface area contributed by atoms with Crippen LogP contribution < -0.4 is 5.32 Å². The average Bonchev–Trinajstić information content (AvgIpc) is 2.16. The van der Waals surface area contributed by atoms with E-state index in [1.54, 1.807) is 0 Å². The van der Waals surface area contributed by atoms with Gasteiger partial charge in [0.1, 0.15) is 0 Å². The van der Waals surface area contributed by atoms with Crippen LogP contribution in [-0.4, -0.2) is 49.3 Å². The first-order valence-corrected chi connectivity index (χ1v) is 5.77. The number of rotatable bonds is 5. The van der Waals surface area contributed by atoms with Crippen LogP contribution >= 0.6 is 0 Å². The molecule has 0 saturated carbocycles. The molecule has 2 N–H and O–H groups in total. The van der Waals surface area contributed by atoms with Crippen LogP contribution in [0.3, 0.4) is 0 Å². The zero-order chi connectivity index (χ0) is 10.4. The van der Waals surface area contributed by atoms with Crippen LogP contribution in [0.4, 0.5) is 0 Å². The van der Waals surface area contributed by atoms with Crippen LogP contribution in [0.25, 0.3) is 0 Å². The van der Waals surface area contributed by atoms with Crippen molar-refractivity contribution in [3.63, 3.8) is 0 Å². The predicted molar refractivity (Wildman–Crippen MR) is 59.4 cm³/mol. The number of piperidine rings is 1. The lowest BCUT2D eigenvalue weighted by molar-refractivity contribution is 0.0987. The molecule has 84 valence electrons. The highest BCUT2D eigenvalue weighted by Crippen LogP contribution is 2.19. The van der Waals surface area contributed by atoms with E-state index in [9.17, 15) is 5.11 Å². The molecular weight excluding hydrogens is 176 g/mol. The Hall–Kier alpha value is -0.120. The quantitative estimate of drug-likeness (QED) is 0.685. The Labute approximate surface area is 87.5 Å². The third-order valence-electron chi connectivity index (χ3n) is 3.03. The minimum atomic E-state index is -0.177. The van der Waals surface area contributed by atoms with Gasteiger partial charge in [-0.1, -0.05) is 0 Å². The molecule has 0 aromatic rings. The van der Waals surface area contributed by atoms with Crippen LogP contribution in [-0.2, 0) is 0 Å². The number of hydrogen-bond acceptors (Lipinski definition) is 3. The summed E-state index contributed by atoms with van der Waals surface area (Å²) in [5.41, 5.74) is 0. The Morgan fingerprint density at radius 2 is 2.07 bits per heavy atom. The summed E-state index contributed by atoms with van der Waals surface area (Å²) in [6.45, 7) is 6.19. The van der Waals surface area contributed by atoms with Crippen molar-refractivity contribution in [3.05, 3.63) is 0 Å². The number of aliphatic hydroxyl groups excluding tert-OH is 1. The molecule has 3 nitrogen and oxygen atoms in total. The smallest absolute Gasteiger partial charge is 0.0639 e. The summed E-state index contributed by atoms with van der Waals surface area (Å²) in [6.07, 6.45) is 3.73. The highest BCUT2D eigenvalue weighted by Gasteiger charge is 2.19. The Kier molecular flexibility index (Phi) is 5.45. The zero-order valence-corrected chi connectivity index (χ0v) is 9.50. The normalized spacial score (nSPS) is 22.5. The summed E-state index contributed by atoms with van der Waals surface area (Å²) in [7, 11) is 2.02. The van der Waals surface area contributed by atoms with Gasteiger partial charge in [-0.2, -0.15) is 0 Å². The molecule has 0 aromatic carbocycles. The van der Waals surface area contributed by atoms with E-state index in [0.717, 1.165) is 19.0 Å². The minimum absolute atomic E-state index is 0.177. The Morgan fingerprint density at radius 3 is 2.57 bits per heavy atom. The number of hydrogen-bond donors (Lipinski definition) is 2. The maximum absolute atomic E-state index is 9.26. The van der Waals surface area contributed by atoms with E-state index < -0.39 is 0 Å². The number of nitrogens with one attached hydrogen (secondary N) is 1. The first kappa shape index (κ1) is 12.0. The average molecular weight is 200 g/mol. The lowest BCUT2D eigenvalue weighted by Gasteiger charge is -2.32. The molecule has 1 aliphatic rings. The fourth-order valence-electron chi connectivity index (χ4n) is 2.18. The molecular formula is C11H24N2O. The molecule has 1 heterocycles. The summed E-state index contributed by atoms with van der Waals surface area (Å²) in [4.78, 5) is 2.38. The molecule has 0 radical (unpaired) electrons. The van der Waals surface area contributed by atoms with E-state index in [1.165, 1.54) is 32.4 Å². The zero-order valence-electron chi connectivity index (χ0n) is 9.50. The maximum atomic E-state index is 9.26. The van der Waals surface area contributed by atoms with Gasteiger partial charge in [0.15, 0.2) is 0 Å². The number of nitrogens with zero attached hydrogens (tertiary/aromatic N) is 1. The van der Waals surface area contributed by atoms with Crippen LogP contribution in [0.5, 0.6) is 0 Å². The Bertz CT molecular complexity index is 142. The van der Waals surface area contributed by atoms with Gasteiger partial charge in [-0.25, -0.2) is 0 Å². The molecule has 0 spiro atoms. The van der Waals surface area contributed by atoms with Gasteiger partial charge in [0, 0.05) is 6.54 Å². The van der Waals surface area contributed by atoms with Gasteiger partial charge in [0.05, 0.1) is 6.10 Å². The second-order valence-corrected chi connectivity index (χ2v) is 4.49. The lowest BCUT2D eigenvalue weighted by atomic mass is 9.93. The molecule has 0 aromatic heterocycles. The molecule has 0 bridgehead atoms. The molecule has 1 atom stereocenters. The van der Waals surface area contributed by atoms with Crippen LogP contribution in [0.2, 0.25) is 0 Å². The Morgan fingerprint density at radius 1 is 1.43 bits per heavy atom. The fourth-order valence-corrected chi connectivity index (χ4v) is 2.18. The third kappa shape index (κ3) is 4.40. The number of aliphatic hydroxyl groups is 1. The van der Waals surface area contributed by atoms with Gasteiger partial charge in [-0.05, 0) is 58.8 Å². The number of β-amino-alcohol motifs (C(OH)–C–C–N with tert-alkyl or cyclic N) is 1. The maximum Gasteiger partial charge on any atom is 0.0639 e. The fraction of sp³-hybridized carbons (Fsp3) is 1.00. The minimum Gasteiger partial charge on any atom is -0.392 e. The summed E-state index contributed by atoms with van der Waals surface area (Å²) in [5.74, 6) is 0.896. The van der Waals surface area contributed by atoms with Crippen molar-refractivity contribution in [1.82, 2.24) is 10.2 Å². The lowest BCUT2D eigenvalue weighted by Crippen LogP contribution is -2.38. The molecule has 1 aliphatic heterocycles. The van der Waals surface area contributed by atoms with Crippen LogP contribution in [0.15, 0.2) is 0 Å². The highest BCUT2D eigenvalue weighted by molar-refractivity contribution is 4.73. The number of likely N-dealkylation sites (tertiary alicyclic amines) is 1. The molecule has 3 heteroatoms. The standard InChI is InChI=1S/C11H24N2O/c1-10(14)9-13-7-4-11(5-8-13)3-6-12-2/h10-12,14H,3-9H2,1-2H3/t10-/m1/s1. The molecule has 0 aliphatic carbocycles. The van der Waals surface area contributed by atoms with Gasteiger partial charge >= 0.3 is 0 Å². The van der Waals surface area contributed by atoms with Crippen molar-refractivity contribution >= 4 is 0 Å². The molecule has 1 rings (SSSR count). The van der Waals surface area contributed by atoms with E-state index in [1.807, 2.05) is 14.0 Å².